The van der Waals surface area contributed by atoms with Crippen LogP contribution in [0.15, 0.2) is 0 Å². The van der Waals surface area contributed by atoms with Gasteiger partial charge in [0.1, 0.15) is 5.60 Å². The zero-order chi connectivity index (χ0) is 14.1. The van der Waals surface area contributed by atoms with Crippen LogP contribution in [0, 0.1) is 5.41 Å². The van der Waals surface area contributed by atoms with Gasteiger partial charge in [-0.2, -0.15) is 0 Å². The van der Waals surface area contributed by atoms with Crippen molar-refractivity contribution in [1.29, 1.82) is 0 Å². The van der Waals surface area contributed by atoms with Gasteiger partial charge in [0.05, 0.1) is 12.1 Å². The van der Waals surface area contributed by atoms with Crippen LogP contribution in [0.5, 0.6) is 0 Å². The van der Waals surface area contributed by atoms with Gasteiger partial charge >= 0.3 is 6.09 Å². The highest BCUT2D eigenvalue weighted by Crippen LogP contribution is 2.51. The molecule has 1 amide bonds. The Morgan fingerprint density at radius 3 is 2.42 bits per heavy atom. The number of rotatable bonds is 3. The maximum absolute atomic E-state index is 12.1. The summed E-state index contributed by atoms with van der Waals surface area (Å²) in [7, 11) is 0. The number of hydrogen-bond donors (Lipinski definition) is 2. The molecular formula is C14H26N2O3. The van der Waals surface area contributed by atoms with Crippen molar-refractivity contribution in [2.75, 3.05) is 19.8 Å². The Balaban J connectivity index is 2.10. The fourth-order valence-corrected chi connectivity index (χ4v) is 3.19. The fraction of sp³-hybridized carbons (Fsp3) is 0.929. The number of hydrogen-bond acceptors (Lipinski definition) is 4. The third-order valence-corrected chi connectivity index (χ3v) is 4.48. The Hall–Kier alpha value is -0.810. The number of carbonyl (C=O) groups is 1. The molecule has 3 N–H and O–H groups in total. The van der Waals surface area contributed by atoms with Crippen molar-refractivity contribution in [1.82, 2.24) is 5.32 Å². The van der Waals surface area contributed by atoms with Crippen LogP contribution in [-0.2, 0) is 9.47 Å². The molecule has 1 aliphatic carbocycles. The molecule has 2 aliphatic rings. The van der Waals surface area contributed by atoms with Gasteiger partial charge in [0.25, 0.3) is 0 Å². The van der Waals surface area contributed by atoms with Crippen LogP contribution in [0.4, 0.5) is 4.79 Å². The summed E-state index contributed by atoms with van der Waals surface area (Å²) in [5.41, 5.74) is 5.14. The summed E-state index contributed by atoms with van der Waals surface area (Å²) in [6.45, 7) is 7.42. The number of nitrogens with one attached hydrogen (secondary N) is 1. The van der Waals surface area contributed by atoms with Crippen molar-refractivity contribution in [3.05, 3.63) is 0 Å². The van der Waals surface area contributed by atoms with E-state index in [1.807, 2.05) is 20.8 Å². The minimum atomic E-state index is -0.486. The second-order valence-electron chi connectivity index (χ2n) is 6.85. The van der Waals surface area contributed by atoms with Crippen molar-refractivity contribution < 1.29 is 14.3 Å². The van der Waals surface area contributed by atoms with E-state index < -0.39 is 5.60 Å². The minimum Gasteiger partial charge on any atom is -0.444 e. The van der Waals surface area contributed by atoms with Gasteiger partial charge in [0.2, 0.25) is 0 Å². The van der Waals surface area contributed by atoms with Crippen LogP contribution in [0.3, 0.4) is 0 Å². The second kappa shape index (κ2) is 4.94. The largest absolute Gasteiger partial charge is 0.444 e. The first-order valence-corrected chi connectivity index (χ1v) is 7.12. The molecule has 2 fully saturated rings. The standard InChI is InChI=1S/C14H26N2O3/c1-12(2,3)19-11(17)16-14(7-8-18-10-14)13(9-15)5-4-6-13/h4-10,15H2,1-3H3,(H,16,17). The minimum absolute atomic E-state index is 0.0135. The molecule has 0 bridgehead atoms. The van der Waals surface area contributed by atoms with Crippen molar-refractivity contribution >= 4 is 6.09 Å². The van der Waals surface area contributed by atoms with Crippen molar-refractivity contribution in [3.8, 4) is 0 Å². The average Bonchev–Trinajstić information content (AvgIpc) is 2.63. The third-order valence-electron chi connectivity index (χ3n) is 4.48. The highest BCUT2D eigenvalue weighted by molar-refractivity contribution is 5.69. The smallest absolute Gasteiger partial charge is 0.408 e. The van der Waals surface area contributed by atoms with E-state index in [2.05, 4.69) is 5.32 Å². The second-order valence-corrected chi connectivity index (χ2v) is 6.85. The van der Waals surface area contributed by atoms with Gasteiger partial charge < -0.3 is 20.5 Å². The van der Waals surface area contributed by atoms with E-state index in [4.69, 9.17) is 15.2 Å². The zero-order valence-corrected chi connectivity index (χ0v) is 12.3. The van der Waals surface area contributed by atoms with Crippen molar-refractivity contribution in [2.45, 2.75) is 57.6 Å². The van der Waals surface area contributed by atoms with E-state index in [1.165, 1.54) is 6.42 Å². The Kier molecular flexibility index (Phi) is 3.80. The van der Waals surface area contributed by atoms with E-state index in [0.717, 1.165) is 19.3 Å². The number of alkyl carbamates (subject to hydrolysis) is 1. The van der Waals surface area contributed by atoms with E-state index in [-0.39, 0.29) is 17.0 Å². The lowest BCUT2D eigenvalue weighted by Crippen LogP contribution is -2.66. The summed E-state index contributed by atoms with van der Waals surface area (Å²) in [4.78, 5) is 12.1. The molecule has 0 aromatic rings. The SMILES string of the molecule is CC(C)(C)OC(=O)NC1(C2(CN)CCC2)CCOC1. The molecule has 0 radical (unpaired) electrons. The number of carbonyl (C=O) groups excluding carboxylic acids is 1. The van der Waals surface area contributed by atoms with Gasteiger partial charge in [-0.3, -0.25) is 0 Å². The molecule has 1 aliphatic heterocycles. The molecule has 2 rings (SSSR count). The molecule has 1 atom stereocenters. The van der Waals surface area contributed by atoms with E-state index in [9.17, 15) is 4.79 Å². The first-order chi connectivity index (χ1) is 8.83. The quantitative estimate of drug-likeness (QED) is 0.820. The summed E-state index contributed by atoms with van der Waals surface area (Å²) in [5.74, 6) is 0. The fourth-order valence-electron chi connectivity index (χ4n) is 3.19. The van der Waals surface area contributed by atoms with Crippen molar-refractivity contribution in [2.24, 2.45) is 11.1 Å². The Morgan fingerprint density at radius 2 is 2.05 bits per heavy atom. The van der Waals surface area contributed by atoms with Crippen LogP contribution in [0.2, 0.25) is 0 Å². The molecule has 1 heterocycles. The molecule has 5 nitrogen and oxygen atoms in total. The Morgan fingerprint density at radius 1 is 1.37 bits per heavy atom. The molecule has 110 valence electrons. The van der Waals surface area contributed by atoms with Crippen LogP contribution < -0.4 is 11.1 Å². The van der Waals surface area contributed by atoms with Crippen molar-refractivity contribution in [3.63, 3.8) is 0 Å². The maximum Gasteiger partial charge on any atom is 0.408 e. The summed E-state index contributed by atoms with van der Waals surface area (Å²) >= 11 is 0. The highest BCUT2D eigenvalue weighted by Gasteiger charge is 2.56. The normalized spacial score (nSPS) is 29.7. The zero-order valence-electron chi connectivity index (χ0n) is 12.3. The Bertz CT molecular complexity index is 334. The lowest BCUT2D eigenvalue weighted by molar-refractivity contribution is -0.0139. The van der Waals surface area contributed by atoms with E-state index in [1.54, 1.807) is 0 Å². The number of nitrogens with two attached hydrogens (primary N) is 1. The number of ether oxygens (including phenoxy) is 2. The molecule has 5 heteroatoms. The van der Waals surface area contributed by atoms with Gasteiger partial charge in [-0.15, -0.1) is 0 Å². The summed E-state index contributed by atoms with van der Waals surface area (Å²) < 4.78 is 10.9. The van der Waals surface area contributed by atoms with E-state index in [0.29, 0.717) is 19.8 Å². The molecule has 0 aromatic carbocycles. The van der Waals surface area contributed by atoms with Crippen LogP contribution in [0.1, 0.15) is 46.5 Å². The van der Waals surface area contributed by atoms with Gasteiger partial charge in [0, 0.05) is 18.6 Å². The van der Waals surface area contributed by atoms with Crippen LogP contribution >= 0.6 is 0 Å². The average molecular weight is 270 g/mol. The third kappa shape index (κ3) is 2.72. The lowest BCUT2D eigenvalue weighted by Gasteiger charge is -2.53. The maximum atomic E-state index is 12.1. The molecule has 19 heavy (non-hydrogen) atoms. The molecule has 1 unspecified atom stereocenters. The predicted molar refractivity (Wildman–Crippen MR) is 72.9 cm³/mol. The lowest BCUT2D eigenvalue weighted by atomic mass is 9.56. The monoisotopic (exact) mass is 270 g/mol. The molecule has 1 saturated carbocycles. The topological polar surface area (TPSA) is 73.6 Å². The first-order valence-electron chi connectivity index (χ1n) is 7.12. The van der Waals surface area contributed by atoms with Gasteiger partial charge in [-0.05, 0) is 40.0 Å². The summed E-state index contributed by atoms with van der Waals surface area (Å²) in [5, 5.41) is 3.08. The first kappa shape index (κ1) is 14.6. The molecule has 0 spiro atoms. The summed E-state index contributed by atoms with van der Waals surface area (Å²) in [6.07, 6.45) is 3.75. The molecule has 0 aromatic heterocycles. The van der Waals surface area contributed by atoms with Gasteiger partial charge in [-0.25, -0.2) is 4.79 Å². The summed E-state index contributed by atoms with van der Waals surface area (Å²) in [6, 6.07) is 0. The van der Waals surface area contributed by atoms with Crippen LogP contribution in [-0.4, -0.2) is 37.0 Å². The highest BCUT2D eigenvalue weighted by atomic mass is 16.6. The predicted octanol–water partition coefficient (Wildman–Crippen LogP) is 1.80. The van der Waals surface area contributed by atoms with E-state index >= 15 is 0 Å². The molecule has 1 saturated heterocycles. The Labute approximate surface area is 115 Å². The van der Waals surface area contributed by atoms with Gasteiger partial charge in [0.15, 0.2) is 0 Å². The number of amides is 1. The van der Waals surface area contributed by atoms with Gasteiger partial charge in [-0.1, -0.05) is 6.42 Å². The van der Waals surface area contributed by atoms with Crippen LogP contribution in [0.25, 0.3) is 0 Å². The molecular weight excluding hydrogens is 244 g/mol.